The van der Waals surface area contributed by atoms with Crippen LogP contribution in [0, 0.1) is 3.57 Å². The van der Waals surface area contributed by atoms with Gasteiger partial charge < -0.3 is 15.3 Å². The number of phenolic OH excluding ortho intramolecular Hbond substituents is 1. The molecule has 2 heterocycles. The molecule has 3 aromatic rings. The molecule has 0 radical (unpaired) electrons. The van der Waals surface area contributed by atoms with E-state index in [1.54, 1.807) is 12.3 Å². The Labute approximate surface area is 182 Å². The van der Waals surface area contributed by atoms with E-state index in [4.69, 9.17) is 0 Å². The number of rotatable bonds is 6. The van der Waals surface area contributed by atoms with Gasteiger partial charge in [0, 0.05) is 27.9 Å². The van der Waals surface area contributed by atoms with E-state index >= 15 is 0 Å². The molecular weight excluding hydrogens is 481 g/mol. The van der Waals surface area contributed by atoms with Gasteiger partial charge >= 0.3 is 0 Å². The van der Waals surface area contributed by atoms with E-state index in [2.05, 4.69) is 58.3 Å². The number of para-hydroxylation sites is 1. The lowest BCUT2D eigenvalue weighted by Gasteiger charge is -2.16. The van der Waals surface area contributed by atoms with Crippen molar-refractivity contribution in [3.8, 4) is 5.75 Å². The normalized spacial score (nSPS) is 13.8. The molecule has 0 saturated carbocycles. The van der Waals surface area contributed by atoms with Crippen molar-refractivity contribution in [2.45, 2.75) is 12.8 Å². The quantitative estimate of drug-likeness (QED) is 0.267. The molecule has 0 amide bonds. The number of nitrogens with one attached hydrogen (secondary N) is 2. The number of hydrogen-bond donors (Lipinski definition) is 3. The second kappa shape index (κ2) is 9.03. The van der Waals surface area contributed by atoms with Crippen LogP contribution in [0.5, 0.6) is 5.75 Å². The molecule has 0 atom stereocenters. The fraction of sp³-hybridized carbons (Fsp3) is 0.200. The summed E-state index contributed by atoms with van der Waals surface area (Å²) in [5.74, 6) is 1.56. The molecule has 4 rings (SSSR count). The predicted octanol–water partition coefficient (Wildman–Crippen LogP) is 3.97. The molecule has 0 unspecified atom stereocenters. The average Bonchev–Trinajstić information content (AvgIpc) is 3.26. The SMILES string of the molecule is Oc1ccc(I)cc1/C=N/Nc1nc(Nc2ccccc2)nc(N2CCCC2)n1. The van der Waals surface area contributed by atoms with Crippen LogP contribution in [-0.2, 0) is 0 Å². The fourth-order valence-corrected chi connectivity index (χ4v) is 3.48. The van der Waals surface area contributed by atoms with E-state index < -0.39 is 0 Å². The number of phenols is 1. The van der Waals surface area contributed by atoms with Gasteiger partial charge in [-0.3, -0.25) is 0 Å². The highest BCUT2D eigenvalue weighted by molar-refractivity contribution is 14.1. The molecule has 1 aliphatic rings. The van der Waals surface area contributed by atoms with Gasteiger partial charge in [-0.25, -0.2) is 5.43 Å². The van der Waals surface area contributed by atoms with Gasteiger partial charge in [-0.05, 0) is 65.8 Å². The van der Waals surface area contributed by atoms with Crippen LogP contribution in [0.25, 0.3) is 0 Å². The summed E-state index contributed by atoms with van der Waals surface area (Å²) in [6, 6.07) is 15.1. The Bertz CT molecular complexity index is 1010. The Hall–Kier alpha value is -2.95. The van der Waals surface area contributed by atoms with E-state index in [9.17, 15) is 5.11 Å². The first-order chi connectivity index (χ1) is 14.2. The summed E-state index contributed by atoms with van der Waals surface area (Å²) in [5.41, 5.74) is 4.36. The molecule has 148 valence electrons. The van der Waals surface area contributed by atoms with E-state index in [0.717, 1.165) is 35.2 Å². The Morgan fingerprint density at radius 1 is 1.00 bits per heavy atom. The standard InChI is InChI=1S/C20H20IN7O/c21-15-8-9-17(29)14(12-15)13-22-27-19-24-18(23-16-6-2-1-3-7-16)25-20(26-19)28-10-4-5-11-28/h1-3,6-9,12-13,29H,4-5,10-11H2,(H2,23,24,25,26,27)/b22-13+. The van der Waals surface area contributed by atoms with Crippen molar-refractivity contribution in [1.29, 1.82) is 0 Å². The van der Waals surface area contributed by atoms with Crippen LogP contribution in [0.4, 0.5) is 23.5 Å². The first kappa shape index (κ1) is 19.4. The molecule has 8 nitrogen and oxygen atoms in total. The van der Waals surface area contributed by atoms with Crippen LogP contribution in [0.2, 0.25) is 0 Å². The van der Waals surface area contributed by atoms with E-state index in [1.807, 2.05) is 42.5 Å². The number of aromatic nitrogens is 3. The number of halogens is 1. The third-order valence-electron chi connectivity index (χ3n) is 4.40. The van der Waals surface area contributed by atoms with Crippen molar-refractivity contribution in [1.82, 2.24) is 15.0 Å². The molecule has 1 saturated heterocycles. The largest absolute Gasteiger partial charge is 0.507 e. The highest BCUT2D eigenvalue weighted by Gasteiger charge is 2.17. The van der Waals surface area contributed by atoms with Gasteiger partial charge in [0.1, 0.15) is 5.75 Å². The topological polar surface area (TPSA) is 98.6 Å². The Kier molecular flexibility index (Phi) is 6.03. The van der Waals surface area contributed by atoms with Crippen LogP contribution in [-0.4, -0.2) is 39.4 Å². The maximum Gasteiger partial charge on any atom is 0.250 e. The zero-order valence-electron chi connectivity index (χ0n) is 15.6. The number of benzene rings is 2. The van der Waals surface area contributed by atoms with Crippen LogP contribution in [0.3, 0.4) is 0 Å². The molecular formula is C20H20IN7O. The minimum Gasteiger partial charge on any atom is -0.507 e. The van der Waals surface area contributed by atoms with Gasteiger partial charge in [-0.15, -0.1) is 0 Å². The van der Waals surface area contributed by atoms with Gasteiger partial charge in [-0.1, -0.05) is 18.2 Å². The summed E-state index contributed by atoms with van der Waals surface area (Å²) in [5, 5.41) is 17.4. The summed E-state index contributed by atoms with van der Waals surface area (Å²) in [6.07, 6.45) is 3.79. The van der Waals surface area contributed by atoms with Crippen molar-refractivity contribution in [3.63, 3.8) is 0 Å². The van der Waals surface area contributed by atoms with Crippen molar-refractivity contribution < 1.29 is 5.11 Å². The van der Waals surface area contributed by atoms with Crippen LogP contribution in [0.15, 0.2) is 53.6 Å². The smallest absolute Gasteiger partial charge is 0.250 e. The highest BCUT2D eigenvalue weighted by Crippen LogP contribution is 2.21. The third kappa shape index (κ3) is 5.11. The van der Waals surface area contributed by atoms with Crippen molar-refractivity contribution in [3.05, 3.63) is 57.7 Å². The lowest BCUT2D eigenvalue weighted by Crippen LogP contribution is -2.21. The second-order valence-electron chi connectivity index (χ2n) is 6.54. The molecule has 0 bridgehead atoms. The van der Waals surface area contributed by atoms with Crippen molar-refractivity contribution in [2.24, 2.45) is 5.10 Å². The van der Waals surface area contributed by atoms with E-state index in [0.29, 0.717) is 23.4 Å². The second-order valence-corrected chi connectivity index (χ2v) is 7.79. The van der Waals surface area contributed by atoms with Crippen molar-refractivity contribution >= 4 is 52.3 Å². The van der Waals surface area contributed by atoms with Crippen LogP contribution in [0.1, 0.15) is 18.4 Å². The first-order valence-electron chi connectivity index (χ1n) is 9.28. The zero-order valence-corrected chi connectivity index (χ0v) is 17.7. The molecule has 1 aromatic heterocycles. The first-order valence-corrected chi connectivity index (χ1v) is 10.4. The summed E-state index contributed by atoms with van der Waals surface area (Å²) >= 11 is 2.19. The molecule has 0 aliphatic carbocycles. The molecule has 29 heavy (non-hydrogen) atoms. The van der Waals surface area contributed by atoms with Crippen LogP contribution >= 0.6 is 22.6 Å². The van der Waals surface area contributed by atoms with Crippen LogP contribution < -0.4 is 15.6 Å². The minimum absolute atomic E-state index is 0.163. The molecule has 1 aliphatic heterocycles. The lowest BCUT2D eigenvalue weighted by molar-refractivity contribution is 0.474. The van der Waals surface area contributed by atoms with Crippen molar-refractivity contribution in [2.75, 3.05) is 28.7 Å². The summed E-state index contributed by atoms with van der Waals surface area (Å²) in [6.45, 7) is 1.85. The Morgan fingerprint density at radius 2 is 1.76 bits per heavy atom. The molecule has 0 spiro atoms. The number of hydrogen-bond acceptors (Lipinski definition) is 8. The monoisotopic (exact) mass is 501 g/mol. The lowest BCUT2D eigenvalue weighted by atomic mass is 10.2. The zero-order chi connectivity index (χ0) is 20.1. The predicted molar refractivity (Wildman–Crippen MR) is 123 cm³/mol. The summed E-state index contributed by atoms with van der Waals surface area (Å²) < 4.78 is 1.01. The molecule has 3 N–H and O–H groups in total. The van der Waals surface area contributed by atoms with Gasteiger partial charge in [0.15, 0.2) is 0 Å². The number of hydrazone groups is 1. The van der Waals surface area contributed by atoms with Gasteiger partial charge in [0.2, 0.25) is 17.8 Å². The number of nitrogens with zero attached hydrogens (tertiary/aromatic N) is 5. The number of aromatic hydroxyl groups is 1. The Balaban J connectivity index is 1.57. The third-order valence-corrected chi connectivity index (χ3v) is 5.07. The van der Waals surface area contributed by atoms with E-state index in [1.165, 1.54) is 0 Å². The average molecular weight is 501 g/mol. The van der Waals surface area contributed by atoms with Gasteiger partial charge in [0.05, 0.1) is 6.21 Å². The maximum atomic E-state index is 9.95. The summed E-state index contributed by atoms with van der Waals surface area (Å²) in [7, 11) is 0. The summed E-state index contributed by atoms with van der Waals surface area (Å²) in [4.78, 5) is 15.6. The molecule has 9 heteroatoms. The molecule has 1 fully saturated rings. The van der Waals surface area contributed by atoms with E-state index in [-0.39, 0.29) is 5.75 Å². The van der Waals surface area contributed by atoms with Gasteiger partial charge in [0.25, 0.3) is 0 Å². The Morgan fingerprint density at radius 3 is 2.55 bits per heavy atom. The fourth-order valence-electron chi connectivity index (χ4n) is 2.97. The highest BCUT2D eigenvalue weighted by atomic mass is 127. The van der Waals surface area contributed by atoms with Gasteiger partial charge in [-0.2, -0.15) is 20.1 Å². The maximum absolute atomic E-state index is 9.95. The number of anilines is 4. The minimum atomic E-state index is 0.163. The molecule has 2 aromatic carbocycles.